The van der Waals surface area contributed by atoms with E-state index in [0.717, 1.165) is 64.2 Å². The summed E-state index contributed by atoms with van der Waals surface area (Å²) in [6, 6.07) is 0. The Labute approximate surface area is 271 Å². The van der Waals surface area contributed by atoms with Gasteiger partial charge in [-0.1, -0.05) is 0 Å². The zero-order valence-electron chi connectivity index (χ0n) is 27.7. The van der Waals surface area contributed by atoms with Crippen molar-refractivity contribution in [1.82, 2.24) is 0 Å². The van der Waals surface area contributed by atoms with E-state index >= 15 is 0 Å². The standard InChI is InChI=1S/C16H36O3P.C16H34O3P.Ti/c2*1-3-5-7-9-11-13-15-20(17,18,19)16-14-12-10-8-6-4-2;/h17-18H,3-16H2,1-2H3;3-16H2,1-2H3;/q-1;-3;+4. The fraction of sp³-hybridized carbons (Fsp3) is 1.00. The molecule has 0 spiro atoms. The van der Waals surface area contributed by atoms with Crippen LogP contribution in [0, 0.1) is 0 Å². The summed E-state index contributed by atoms with van der Waals surface area (Å²) in [5.41, 5.74) is 0. The Morgan fingerprint density at radius 1 is 0.341 bits per heavy atom. The minimum Gasteiger partial charge on any atom is 4.00 e. The van der Waals surface area contributed by atoms with Gasteiger partial charge >= 0.3 is 272 Å². The van der Waals surface area contributed by atoms with Crippen LogP contribution in [0.4, 0.5) is 0 Å². The van der Waals surface area contributed by atoms with Crippen molar-refractivity contribution in [3.05, 3.63) is 0 Å². The molecule has 0 aromatic carbocycles. The van der Waals surface area contributed by atoms with Crippen LogP contribution in [0.3, 0.4) is 0 Å². The summed E-state index contributed by atoms with van der Waals surface area (Å²) in [6.45, 7) is 8.65. The fourth-order valence-electron chi connectivity index (χ4n) is 5.04. The van der Waals surface area contributed by atoms with Crippen LogP contribution in [0.25, 0.3) is 0 Å². The van der Waals surface area contributed by atoms with Crippen molar-refractivity contribution in [2.24, 2.45) is 0 Å². The van der Waals surface area contributed by atoms with Crippen molar-refractivity contribution in [3.63, 3.8) is 0 Å². The van der Waals surface area contributed by atoms with Crippen molar-refractivity contribution in [3.8, 4) is 0 Å². The molecule has 0 amide bonds. The SMILES string of the molecule is CCCCCCCCP([O-])(O)(O)CCCCCCCC.CCCCCCCCP([O-])([O-])([O-])CCCCCCCC.[Ti+4]. The van der Waals surface area contributed by atoms with Crippen LogP contribution in [0.5, 0.6) is 0 Å². The van der Waals surface area contributed by atoms with E-state index in [1.807, 2.05) is 0 Å². The van der Waals surface area contributed by atoms with E-state index < -0.39 is 14.6 Å². The van der Waals surface area contributed by atoms with E-state index in [1.54, 1.807) is 0 Å². The summed E-state index contributed by atoms with van der Waals surface area (Å²) in [5, 5.41) is 0. The van der Waals surface area contributed by atoms with E-state index in [4.69, 9.17) is 0 Å². The van der Waals surface area contributed by atoms with Crippen molar-refractivity contribution >= 4 is 14.6 Å². The quantitative estimate of drug-likeness (QED) is 0.0510. The van der Waals surface area contributed by atoms with Gasteiger partial charge in [-0.3, -0.25) is 0 Å². The summed E-state index contributed by atoms with van der Waals surface area (Å²) in [7, 11) is -9.62. The molecule has 0 fully saturated rings. The molecule has 0 saturated heterocycles. The van der Waals surface area contributed by atoms with Gasteiger partial charge in [0.05, 0.1) is 0 Å². The monoisotopic (exact) mass is 660 g/mol. The normalized spacial score (nSPS) is 13.8. The van der Waals surface area contributed by atoms with E-state index in [-0.39, 0.29) is 46.4 Å². The minimum atomic E-state index is -5.06. The molecule has 6 nitrogen and oxygen atoms in total. The summed E-state index contributed by atoms with van der Waals surface area (Å²) >= 11 is 0. The molecule has 0 atom stereocenters. The smallest absolute Gasteiger partial charge is 4.00 e. The Morgan fingerprint density at radius 2 is 0.537 bits per heavy atom. The van der Waals surface area contributed by atoms with Gasteiger partial charge in [0.2, 0.25) is 0 Å². The van der Waals surface area contributed by atoms with Crippen LogP contribution < -0.4 is 19.6 Å². The topological polar surface area (TPSA) is 133 Å². The maximum atomic E-state index is 12.1. The van der Waals surface area contributed by atoms with Crippen molar-refractivity contribution < 1.29 is 51.1 Å². The summed E-state index contributed by atoms with van der Waals surface area (Å²) in [4.78, 5) is 67.6. The van der Waals surface area contributed by atoms with Gasteiger partial charge in [-0.2, -0.15) is 0 Å². The van der Waals surface area contributed by atoms with Gasteiger partial charge in [-0.05, 0) is 0 Å². The van der Waals surface area contributed by atoms with E-state index in [0.29, 0.717) is 25.7 Å². The van der Waals surface area contributed by atoms with Gasteiger partial charge in [0.25, 0.3) is 0 Å². The molecule has 0 aliphatic heterocycles. The van der Waals surface area contributed by atoms with Gasteiger partial charge in [0.1, 0.15) is 0 Å². The molecular weight excluding hydrogens is 590 g/mol. The van der Waals surface area contributed by atoms with Crippen LogP contribution >= 0.6 is 14.6 Å². The third-order valence-electron chi connectivity index (χ3n) is 7.81. The third kappa shape index (κ3) is 37.4. The average molecular weight is 661 g/mol. The number of unbranched alkanes of at least 4 members (excludes halogenated alkanes) is 20. The Bertz CT molecular complexity index is 462. The second-order valence-corrected chi connectivity index (χ2v) is 19.3. The van der Waals surface area contributed by atoms with E-state index in [2.05, 4.69) is 27.7 Å². The first-order valence-corrected chi connectivity index (χ1v) is 22.0. The predicted octanol–water partition coefficient (Wildman–Crippen LogP) is 7.43. The zero-order chi connectivity index (χ0) is 30.7. The molecule has 2 N–H and O–H groups in total. The van der Waals surface area contributed by atoms with E-state index in [9.17, 15) is 29.4 Å². The molecule has 0 bridgehead atoms. The molecular formula is C32H70O6P2Ti. The Hall–Kier alpha value is 1.33. The number of hydrogen-bond donors (Lipinski definition) is 2. The maximum absolute atomic E-state index is 12.1. The first-order valence-electron chi connectivity index (χ1n) is 17.2. The molecule has 9 heteroatoms. The maximum Gasteiger partial charge on any atom is 4.00 e. The number of hydrogen-bond acceptors (Lipinski definition) is 6. The molecule has 0 heterocycles. The predicted molar refractivity (Wildman–Crippen MR) is 171 cm³/mol. The van der Waals surface area contributed by atoms with Gasteiger partial charge in [0, 0.05) is 0 Å². The summed E-state index contributed by atoms with van der Waals surface area (Å²) in [5.74, 6) is 0. The van der Waals surface area contributed by atoms with Crippen LogP contribution in [-0.2, 0) is 21.7 Å². The third-order valence-corrected chi connectivity index (χ3v) is 12.6. The van der Waals surface area contributed by atoms with Crippen LogP contribution in [0.1, 0.15) is 182 Å². The Balaban J connectivity index is -0.000000688. The second-order valence-electron chi connectivity index (χ2n) is 12.5. The number of rotatable bonds is 28. The van der Waals surface area contributed by atoms with Gasteiger partial charge < -0.3 is 0 Å². The van der Waals surface area contributed by atoms with Crippen molar-refractivity contribution in [1.29, 1.82) is 0 Å². The average Bonchev–Trinajstić information content (AvgIpc) is 2.87. The summed E-state index contributed by atoms with van der Waals surface area (Å²) in [6.07, 6.45) is 24.7. The van der Waals surface area contributed by atoms with Crippen molar-refractivity contribution in [2.75, 3.05) is 24.6 Å². The largest absolute Gasteiger partial charge is 4.00 e. The van der Waals surface area contributed by atoms with Crippen LogP contribution in [0.15, 0.2) is 0 Å². The molecule has 0 aromatic rings. The second kappa shape index (κ2) is 27.6. The molecule has 0 aromatic heterocycles. The molecule has 41 heavy (non-hydrogen) atoms. The first kappa shape index (κ1) is 46.7. The molecule has 0 radical (unpaired) electrons. The van der Waals surface area contributed by atoms with Gasteiger partial charge in [-0.25, -0.2) is 0 Å². The zero-order valence-corrected chi connectivity index (χ0v) is 31.1. The van der Waals surface area contributed by atoms with Crippen molar-refractivity contribution in [2.45, 2.75) is 182 Å². The van der Waals surface area contributed by atoms with Gasteiger partial charge in [-0.15, -0.1) is 0 Å². The Morgan fingerprint density at radius 3 is 0.780 bits per heavy atom. The molecule has 0 aliphatic carbocycles. The Kier molecular flexibility index (Phi) is 31.5. The molecule has 0 rings (SSSR count). The minimum absolute atomic E-state index is 0. The molecule has 248 valence electrons. The molecule has 0 aliphatic rings. The molecule has 0 saturated carbocycles. The summed E-state index contributed by atoms with van der Waals surface area (Å²) < 4.78 is 0. The fourth-order valence-corrected chi connectivity index (χ4v) is 8.87. The van der Waals surface area contributed by atoms with Crippen LogP contribution in [0.2, 0.25) is 0 Å². The van der Waals surface area contributed by atoms with Crippen LogP contribution in [-0.4, -0.2) is 34.4 Å². The van der Waals surface area contributed by atoms with Gasteiger partial charge in [0.15, 0.2) is 0 Å². The molecule has 0 unspecified atom stereocenters. The first-order chi connectivity index (χ1) is 18.8. The van der Waals surface area contributed by atoms with E-state index in [1.165, 1.54) is 64.2 Å².